The monoisotopic (exact) mass is 349 g/mol. The summed E-state index contributed by atoms with van der Waals surface area (Å²) in [5.74, 6) is 1.55. The third-order valence-electron chi connectivity index (χ3n) is 6.15. The zero-order valence-corrected chi connectivity index (χ0v) is 15.2. The van der Waals surface area contributed by atoms with Gasteiger partial charge in [-0.2, -0.15) is 0 Å². The minimum absolute atomic E-state index is 0.180. The van der Waals surface area contributed by atoms with E-state index in [4.69, 9.17) is 9.47 Å². The standard InChI is InChI=1S/C22H23NO3/c1-25-14-5-6-15-16-8-13-4-3-7-23(13)12-20(16)19-11-22(26-2)21(24)10-18(19)17(15)9-14/h5-6,9-11,13,24H,3-4,7-8,12H2,1-2H3. The summed E-state index contributed by atoms with van der Waals surface area (Å²) in [5, 5.41) is 15.0. The van der Waals surface area contributed by atoms with Crippen LogP contribution in [0.1, 0.15) is 24.0 Å². The van der Waals surface area contributed by atoms with Crippen LogP contribution in [0.2, 0.25) is 0 Å². The number of phenolic OH excluding ortho intramolecular Hbond substituents is 1. The molecular formula is C22H23NO3. The van der Waals surface area contributed by atoms with Crippen molar-refractivity contribution in [3.63, 3.8) is 0 Å². The molecular weight excluding hydrogens is 326 g/mol. The molecule has 1 N–H and O–H groups in total. The molecule has 2 aliphatic rings. The third-order valence-corrected chi connectivity index (χ3v) is 6.15. The summed E-state index contributed by atoms with van der Waals surface area (Å²) in [4.78, 5) is 2.61. The predicted octanol–water partition coefficient (Wildman–Crippen LogP) is 4.24. The van der Waals surface area contributed by atoms with Gasteiger partial charge in [-0.25, -0.2) is 0 Å². The largest absolute Gasteiger partial charge is 0.504 e. The van der Waals surface area contributed by atoms with Crippen molar-refractivity contribution in [1.29, 1.82) is 0 Å². The summed E-state index contributed by atoms with van der Waals surface area (Å²) in [7, 11) is 3.30. The number of fused-ring (bicyclic) bond motifs is 7. The zero-order chi connectivity index (χ0) is 17.8. The molecule has 0 saturated carbocycles. The van der Waals surface area contributed by atoms with Gasteiger partial charge < -0.3 is 14.6 Å². The number of hydrogen-bond donors (Lipinski definition) is 1. The molecule has 0 spiro atoms. The van der Waals surface area contributed by atoms with Gasteiger partial charge in [-0.05, 0) is 82.7 Å². The molecule has 26 heavy (non-hydrogen) atoms. The first-order valence-electron chi connectivity index (χ1n) is 9.26. The van der Waals surface area contributed by atoms with E-state index in [9.17, 15) is 5.11 Å². The van der Waals surface area contributed by atoms with E-state index in [0.29, 0.717) is 11.8 Å². The highest BCUT2D eigenvalue weighted by Gasteiger charge is 2.32. The Kier molecular flexibility index (Phi) is 3.50. The fraction of sp³-hybridized carbons (Fsp3) is 0.364. The molecule has 1 atom stereocenters. The number of rotatable bonds is 2. The van der Waals surface area contributed by atoms with Crippen LogP contribution in [0.15, 0.2) is 30.3 Å². The van der Waals surface area contributed by atoms with Crippen LogP contribution in [0.5, 0.6) is 17.2 Å². The van der Waals surface area contributed by atoms with E-state index >= 15 is 0 Å². The van der Waals surface area contributed by atoms with Crippen LogP contribution >= 0.6 is 0 Å². The van der Waals surface area contributed by atoms with Gasteiger partial charge in [0.25, 0.3) is 0 Å². The average Bonchev–Trinajstić information content (AvgIpc) is 3.13. The lowest BCUT2D eigenvalue weighted by Crippen LogP contribution is -2.35. The molecule has 0 aliphatic carbocycles. The summed E-state index contributed by atoms with van der Waals surface area (Å²) in [5.41, 5.74) is 2.83. The normalized spacial score (nSPS) is 19.5. The van der Waals surface area contributed by atoms with E-state index in [2.05, 4.69) is 17.0 Å². The Bertz CT molecular complexity index is 1030. The highest BCUT2D eigenvalue weighted by atomic mass is 16.5. The van der Waals surface area contributed by atoms with Crippen molar-refractivity contribution in [2.45, 2.75) is 31.8 Å². The minimum atomic E-state index is 0.180. The Labute approximate surface area is 152 Å². The van der Waals surface area contributed by atoms with Crippen LogP contribution < -0.4 is 9.47 Å². The van der Waals surface area contributed by atoms with Crippen LogP contribution in [-0.4, -0.2) is 36.8 Å². The van der Waals surface area contributed by atoms with Crippen molar-refractivity contribution >= 4 is 21.5 Å². The molecule has 0 bridgehead atoms. The maximum atomic E-state index is 10.4. The van der Waals surface area contributed by atoms with Gasteiger partial charge in [0, 0.05) is 12.6 Å². The van der Waals surface area contributed by atoms with Crippen LogP contribution in [-0.2, 0) is 13.0 Å². The Balaban J connectivity index is 1.89. The second-order valence-electron chi connectivity index (χ2n) is 7.41. The summed E-state index contributed by atoms with van der Waals surface area (Å²) < 4.78 is 10.9. The van der Waals surface area contributed by atoms with Crippen molar-refractivity contribution in [3.05, 3.63) is 41.5 Å². The molecule has 4 heteroatoms. The van der Waals surface area contributed by atoms with Crippen molar-refractivity contribution < 1.29 is 14.6 Å². The summed E-state index contributed by atoms with van der Waals surface area (Å²) in [6.45, 7) is 2.16. The van der Waals surface area contributed by atoms with Crippen molar-refractivity contribution in [1.82, 2.24) is 4.90 Å². The highest BCUT2D eigenvalue weighted by Crippen LogP contribution is 2.43. The van der Waals surface area contributed by atoms with Crippen LogP contribution in [0.3, 0.4) is 0 Å². The lowest BCUT2D eigenvalue weighted by molar-refractivity contribution is 0.229. The summed E-state index contributed by atoms with van der Waals surface area (Å²) in [6.07, 6.45) is 3.66. The second kappa shape index (κ2) is 5.78. The number of hydrogen-bond acceptors (Lipinski definition) is 4. The first-order valence-corrected chi connectivity index (χ1v) is 9.26. The number of benzene rings is 3. The fourth-order valence-electron chi connectivity index (χ4n) is 4.85. The molecule has 1 unspecified atom stereocenters. The van der Waals surface area contributed by atoms with E-state index in [0.717, 1.165) is 29.5 Å². The average molecular weight is 349 g/mol. The molecule has 3 aromatic rings. The number of phenols is 1. The van der Waals surface area contributed by atoms with Crippen molar-refractivity contribution in [2.75, 3.05) is 20.8 Å². The second-order valence-corrected chi connectivity index (χ2v) is 7.41. The SMILES string of the molecule is COc1ccc2c3c(c4cc(OC)c(O)cc4c2c1)CN1CCCC1C3. The lowest BCUT2D eigenvalue weighted by Gasteiger charge is -2.33. The molecule has 1 saturated heterocycles. The Morgan fingerprint density at radius 1 is 0.962 bits per heavy atom. The van der Waals surface area contributed by atoms with Crippen molar-refractivity contribution in [3.8, 4) is 17.2 Å². The van der Waals surface area contributed by atoms with Gasteiger partial charge in [-0.15, -0.1) is 0 Å². The van der Waals surface area contributed by atoms with Crippen LogP contribution in [0.25, 0.3) is 21.5 Å². The first-order chi connectivity index (χ1) is 12.7. The minimum Gasteiger partial charge on any atom is -0.504 e. The smallest absolute Gasteiger partial charge is 0.161 e. The molecule has 0 radical (unpaired) electrons. The van der Waals surface area contributed by atoms with E-state index in [1.54, 1.807) is 14.2 Å². The quantitative estimate of drug-likeness (QED) is 0.703. The molecule has 4 nitrogen and oxygen atoms in total. The highest BCUT2D eigenvalue weighted by molar-refractivity contribution is 6.12. The maximum Gasteiger partial charge on any atom is 0.161 e. The van der Waals surface area contributed by atoms with Gasteiger partial charge in [-0.1, -0.05) is 6.07 Å². The van der Waals surface area contributed by atoms with Crippen LogP contribution in [0, 0.1) is 0 Å². The number of nitrogens with zero attached hydrogens (tertiary/aromatic N) is 1. The van der Waals surface area contributed by atoms with Crippen LogP contribution in [0.4, 0.5) is 0 Å². The number of methoxy groups -OCH3 is 2. The summed E-state index contributed by atoms with van der Waals surface area (Å²) >= 11 is 0. The van der Waals surface area contributed by atoms with Crippen molar-refractivity contribution in [2.24, 2.45) is 0 Å². The van der Waals surface area contributed by atoms with Gasteiger partial charge in [0.15, 0.2) is 11.5 Å². The fourth-order valence-corrected chi connectivity index (χ4v) is 4.85. The third kappa shape index (κ3) is 2.18. The first kappa shape index (κ1) is 15.8. The number of ether oxygens (including phenoxy) is 2. The van der Waals surface area contributed by atoms with E-state index in [1.165, 1.54) is 41.3 Å². The topological polar surface area (TPSA) is 41.9 Å². The maximum absolute atomic E-state index is 10.4. The zero-order valence-electron chi connectivity index (χ0n) is 15.2. The Morgan fingerprint density at radius 3 is 2.62 bits per heavy atom. The van der Waals surface area contributed by atoms with Gasteiger partial charge in [-0.3, -0.25) is 4.90 Å². The molecule has 2 heterocycles. The van der Waals surface area contributed by atoms with Gasteiger partial charge >= 0.3 is 0 Å². The van der Waals surface area contributed by atoms with E-state index < -0.39 is 0 Å². The molecule has 2 aliphatic heterocycles. The van der Waals surface area contributed by atoms with E-state index in [-0.39, 0.29) is 5.75 Å². The molecule has 1 fully saturated rings. The summed E-state index contributed by atoms with van der Waals surface area (Å²) in [6, 6.07) is 10.8. The number of aromatic hydroxyl groups is 1. The van der Waals surface area contributed by atoms with Gasteiger partial charge in [0.2, 0.25) is 0 Å². The Hall–Kier alpha value is -2.46. The molecule has 134 valence electrons. The predicted molar refractivity (Wildman–Crippen MR) is 103 cm³/mol. The molecule has 3 aromatic carbocycles. The van der Waals surface area contributed by atoms with E-state index in [1.807, 2.05) is 18.2 Å². The molecule has 0 amide bonds. The van der Waals surface area contributed by atoms with Gasteiger partial charge in [0.05, 0.1) is 14.2 Å². The van der Waals surface area contributed by atoms with Gasteiger partial charge in [0.1, 0.15) is 5.75 Å². The Morgan fingerprint density at radius 2 is 1.81 bits per heavy atom. The lowest BCUT2D eigenvalue weighted by atomic mass is 9.85. The molecule has 5 rings (SSSR count). The molecule has 0 aromatic heterocycles.